The third-order valence-corrected chi connectivity index (χ3v) is 8.12. The molecule has 3 aromatic rings. The molecule has 33 heavy (non-hydrogen) atoms. The van der Waals surface area contributed by atoms with Crippen molar-refractivity contribution in [3.05, 3.63) is 54.1 Å². The molecule has 0 amide bonds. The number of nitrogens with zero attached hydrogens (tertiary/aromatic N) is 4. The van der Waals surface area contributed by atoms with Crippen LogP contribution in [0.25, 0.3) is 17.1 Å². The number of hydrogen-bond donors (Lipinski definition) is 0. The van der Waals surface area contributed by atoms with E-state index in [4.69, 9.17) is 0 Å². The fraction of sp³-hybridized carbons (Fsp3) is 0.364. The lowest BCUT2D eigenvalue weighted by Gasteiger charge is -2.19. The van der Waals surface area contributed by atoms with Gasteiger partial charge in [-0.3, -0.25) is 4.57 Å². The minimum atomic E-state index is -4.50. The molecular formula is C22H25F3N4O2S2. The number of thioether (sulfide) groups is 1. The minimum Gasteiger partial charge on any atom is -0.270 e. The Kier molecular flexibility index (Phi) is 7.86. The summed E-state index contributed by atoms with van der Waals surface area (Å²) in [5, 5.41) is 8.84. The SMILES string of the molecule is CCCSc1nnc(-c2cccc(S(=O)(=O)N(CC)CC)c2)n1-c1cccc(C(F)(F)F)c1. The van der Waals surface area contributed by atoms with Gasteiger partial charge in [-0.05, 0) is 36.8 Å². The molecule has 0 saturated carbocycles. The van der Waals surface area contributed by atoms with E-state index < -0.39 is 21.8 Å². The first-order valence-electron chi connectivity index (χ1n) is 10.5. The van der Waals surface area contributed by atoms with Crippen LogP contribution in [0.1, 0.15) is 32.8 Å². The molecule has 0 saturated heterocycles. The molecule has 6 nitrogen and oxygen atoms in total. The molecule has 0 spiro atoms. The summed E-state index contributed by atoms with van der Waals surface area (Å²) in [5.41, 5.74) is -0.0964. The zero-order valence-electron chi connectivity index (χ0n) is 18.5. The summed E-state index contributed by atoms with van der Waals surface area (Å²) < 4.78 is 68.9. The van der Waals surface area contributed by atoms with Gasteiger partial charge in [0.25, 0.3) is 0 Å². The zero-order valence-corrected chi connectivity index (χ0v) is 20.1. The molecule has 0 bridgehead atoms. The van der Waals surface area contributed by atoms with E-state index in [2.05, 4.69) is 10.2 Å². The number of alkyl halides is 3. The number of hydrogen-bond acceptors (Lipinski definition) is 5. The highest BCUT2D eigenvalue weighted by molar-refractivity contribution is 7.99. The van der Waals surface area contributed by atoms with Gasteiger partial charge in [0, 0.05) is 24.4 Å². The first-order chi connectivity index (χ1) is 15.6. The summed E-state index contributed by atoms with van der Waals surface area (Å²) in [6.07, 6.45) is -3.66. The fourth-order valence-corrected chi connectivity index (χ4v) is 5.62. The largest absolute Gasteiger partial charge is 0.416 e. The molecule has 2 aromatic carbocycles. The van der Waals surface area contributed by atoms with Gasteiger partial charge in [0.05, 0.1) is 16.1 Å². The molecule has 178 valence electrons. The van der Waals surface area contributed by atoms with Crippen molar-refractivity contribution in [2.75, 3.05) is 18.8 Å². The molecule has 1 aromatic heterocycles. The second kappa shape index (κ2) is 10.3. The average molecular weight is 499 g/mol. The summed E-state index contributed by atoms with van der Waals surface area (Å²) in [6, 6.07) is 11.2. The van der Waals surface area contributed by atoms with E-state index >= 15 is 0 Å². The first kappa shape index (κ1) is 25.3. The molecule has 0 radical (unpaired) electrons. The predicted molar refractivity (Wildman–Crippen MR) is 123 cm³/mol. The van der Waals surface area contributed by atoms with Crippen LogP contribution in [0.15, 0.2) is 58.6 Å². The normalized spacial score (nSPS) is 12.5. The van der Waals surface area contributed by atoms with Gasteiger partial charge in [0.2, 0.25) is 10.0 Å². The summed E-state index contributed by atoms with van der Waals surface area (Å²) >= 11 is 1.37. The molecule has 0 aliphatic carbocycles. The summed E-state index contributed by atoms with van der Waals surface area (Å²) in [4.78, 5) is 0.0880. The van der Waals surface area contributed by atoms with E-state index in [1.54, 1.807) is 36.6 Å². The zero-order chi connectivity index (χ0) is 24.2. The molecule has 0 aliphatic heterocycles. The van der Waals surface area contributed by atoms with Crippen molar-refractivity contribution in [2.45, 2.75) is 43.4 Å². The molecule has 11 heteroatoms. The minimum absolute atomic E-state index is 0.0880. The van der Waals surface area contributed by atoms with Crippen LogP contribution in [0.3, 0.4) is 0 Å². The molecular weight excluding hydrogens is 473 g/mol. The van der Waals surface area contributed by atoms with Crippen LogP contribution < -0.4 is 0 Å². The van der Waals surface area contributed by atoms with Crippen LogP contribution in [-0.2, 0) is 16.2 Å². The summed E-state index contributed by atoms with van der Waals surface area (Å²) in [6.45, 7) is 6.14. The lowest BCUT2D eigenvalue weighted by molar-refractivity contribution is -0.137. The van der Waals surface area contributed by atoms with Gasteiger partial charge < -0.3 is 0 Å². The van der Waals surface area contributed by atoms with E-state index in [0.29, 0.717) is 29.6 Å². The molecule has 0 atom stereocenters. The predicted octanol–water partition coefficient (Wildman–Crippen LogP) is 5.49. The fourth-order valence-electron chi connectivity index (χ4n) is 3.31. The van der Waals surface area contributed by atoms with Gasteiger partial charge in [-0.2, -0.15) is 17.5 Å². The highest BCUT2D eigenvalue weighted by Crippen LogP contribution is 2.34. The second-order valence-corrected chi connectivity index (χ2v) is 10.2. The molecule has 0 fully saturated rings. The Balaban J connectivity index is 2.17. The first-order valence-corrected chi connectivity index (χ1v) is 12.9. The van der Waals surface area contributed by atoms with Crippen LogP contribution >= 0.6 is 11.8 Å². The molecule has 0 aliphatic rings. The standard InChI is InChI=1S/C22H25F3N4O2S2/c1-4-13-32-21-27-26-20(29(21)18-11-8-10-17(15-18)22(23,24)25)16-9-7-12-19(14-16)33(30,31)28(5-2)6-3/h7-12,14-15H,4-6,13H2,1-3H3. The average Bonchev–Trinajstić information content (AvgIpc) is 3.22. The third kappa shape index (κ3) is 5.42. The Morgan fingerprint density at radius 3 is 2.33 bits per heavy atom. The van der Waals surface area contributed by atoms with Gasteiger partial charge in [-0.1, -0.05) is 50.7 Å². The van der Waals surface area contributed by atoms with Gasteiger partial charge in [-0.15, -0.1) is 10.2 Å². The van der Waals surface area contributed by atoms with Crippen LogP contribution in [-0.4, -0.2) is 46.3 Å². The Bertz CT molecular complexity index is 1210. The van der Waals surface area contributed by atoms with Crippen molar-refractivity contribution in [2.24, 2.45) is 0 Å². The lowest BCUT2D eigenvalue weighted by atomic mass is 10.1. The Hall–Kier alpha value is -2.37. The van der Waals surface area contributed by atoms with Gasteiger partial charge >= 0.3 is 6.18 Å². The topological polar surface area (TPSA) is 68.1 Å². The maximum Gasteiger partial charge on any atom is 0.416 e. The Morgan fingerprint density at radius 1 is 1.00 bits per heavy atom. The van der Waals surface area contributed by atoms with E-state index in [1.807, 2.05) is 6.92 Å². The second-order valence-electron chi connectivity index (χ2n) is 7.16. The molecule has 0 N–H and O–H groups in total. The monoisotopic (exact) mass is 498 g/mol. The van der Waals surface area contributed by atoms with E-state index in [1.165, 1.54) is 34.3 Å². The molecule has 3 rings (SSSR count). The van der Waals surface area contributed by atoms with Crippen molar-refractivity contribution >= 4 is 21.8 Å². The van der Waals surface area contributed by atoms with E-state index in [0.717, 1.165) is 18.6 Å². The lowest BCUT2D eigenvalue weighted by Crippen LogP contribution is -2.30. The maximum absolute atomic E-state index is 13.3. The van der Waals surface area contributed by atoms with Crippen LogP contribution in [0.2, 0.25) is 0 Å². The number of aromatic nitrogens is 3. The Labute approximate surface area is 195 Å². The van der Waals surface area contributed by atoms with Crippen molar-refractivity contribution in [1.29, 1.82) is 0 Å². The molecule has 0 unspecified atom stereocenters. The number of rotatable bonds is 9. The Morgan fingerprint density at radius 2 is 1.70 bits per heavy atom. The van der Waals surface area contributed by atoms with E-state index in [-0.39, 0.29) is 16.4 Å². The van der Waals surface area contributed by atoms with Gasteiger partial charge in [0.1, 0.15) is 0 Å². The van der Waals surface area contributed by atoms with Crippen LogP contribution in [0.4, 0.5) is 13.2 Å². The summed E-state index contributed by atoms with van der Waals surface area (Å²) in [5.74, 6) is 0.970. The number of halogens is 3. The van der Waals surface area contributed by atoms with Crippen LogP contribution in [0.5, 0.6) is 0 Å². The van der Waals surface area contributed by atoms with Crippen molar-refractivity contribution in [3.63, 3.8) is 0 Å². The van der Waals surface area contributed by atoms with E-state index in [9.17, 15) is 21.6 Å². The highest BCUT2D eigenvalue weighted by Gasteiger charge is 2.31. The number of benzene rings is 2. The van der Waals surface area contributed by atoms with Crippen molar-refractivity contribution in [3.8, 4) is 17.1 Å². The quantitative estimate of drug-likeness (QED) is 0.365. The van der Waals surface area contributed by atoms with Crippen molar-refractivity contribution < 1.29 is 21.6 Å². The maximum atomic E-state index is 13.3. The summed E-state index contributed by atoms with van der Waals surface area (Å²) in [7, 11) is -3.72. The molecule has 1 heterocycles. The van der Waals surface area contributed by atoms with Gasteiger partial charge in [-0.25, -0.2) is 8.42 Å². The smallest absolute Gasteiger partial charge is 0.270 e. The number of sulfonamides is 1. The van der Waals surface area contributed by atoms with Gasteiger partial charge in [0.15, 0.2) is 11.0 Å². The highest BCUT2D eigenvalue weighted by atomic mass is 32.2. The van der Waals surface area contributed by atoms with Crippen molar-refractivity contribution in [1.82, 2.24) is 19.1 Å². The van der Waals surface area contributed by atoms with Crippen LogP contribution in [0, 0.1) is 0 Å². The third-order valence-electron chi connectivity index (χ3n) is 4.94.